The van der Waals surface area contributed by atoms with E-state index in [1.165, 1.54) is 25.0 Å². The second-order valence-corrected chi connectivity index (χ2v) is 7.90. The highest BCUT2D eigenvalue weighted by Crippen LogP contribution is 2.49. The van der Waals surface area contributed by atoms with Crippen LogP contribution >= 0.6 is 0 Å². The molecule has 2 aliphatic rings. The lowest BCUT2D eigenvalue weighted by molar-refractivity contribution is 0.360. The molecule has 1 aromatic carbocycles. The van der Waals surface area contributed by atoms with Crippen molar-refractivity contribution < 1.29 is 12.8 Å². The zero-order chi connectivity index (χ0) is 13.6. The molecule has 1 aromatic rings. The molecule has 2 bridgehead atoms. The lowest BCUT2D eigenvalue weighted by Gasteiger charge is -2.21. The minimum absolute atomic E-state index is 0.0460. The molecule has 0 saturated heterocycles. The Balaban J connectivity index is 1.85. The van der Waals surface area contributed by atoms with Crippen molar-refractivity contribution in [3.8, 4) is 0 Å². The number of halogens is 1. The molecule has 0 heterocycles. The first-order chi connectivity index (χ1) is 8.95. The zero-order valence-corrected chi connectivity index (χ0v) is 11.5. The highest BCUT2D eigenvalue weighted by molar-refractivity contribution is 7.91. The molecule has 0 spiro atoms. The third-order valence-corrected chi connectivity index (χ3v) is 6.52. The number of anilines is 1. The topological polar surface area (TPSA) is 60.2 Å². The van der Waals surface area contributed by atoms with Crippen molar-refractivity contribution in [3.05, 3.63) is 24.0 Å². The van der Waals surface area contributed by atoms with Crippen molar-refractivity contribution in [3.63, 3.8) is 0 Å². The molecule has 3 rings (SSSR count). The summed E-state index contributed by atoms with van der Waals surface area (Å²) < 4.78 is 38.0. The Morgan fingerprint density at radius 1 is 1.26 bits per heavy atom. The van der Waals surface area contributed by atoms with Crippen LogP contribution < -0.4 is 5.73 Å². The SMILES string of the molecule is Nc1ccc(F)cc1S(=O)(=O)CC1CC2CCC1C2. The first-order valence-corrected chi connectivity index (χ1v) is 8.39. The van der Waals surface area contributed by atoms with Gasteiger partial charge in [0.15, 0.2) is 9.84 Å². The summed E-state index contributed by atoms with van der Waals surface area (Å²) in [5, 5.41) is 0. The van der Waals surface area contributed by atoms with Gasteiger partial charge in [0.25, 0.3) is 0 Å². The number of hydrogen-bond donors (Lipinski definition) is 1. The maximum absolute atomic E-state index is 13.2. The van der Waals surface area contributed by atoms with Gasteiger partial charge in [-0.2, -0.15) is 0 Å². The molecule has 2 saturated carbocycles. The van der Waals surface area contributed by atoms with E-state index in [-0.39, 0.29) is 22.3 Å². The summed E-state index contributed by atoms with van der Waals surface area (Å²) in [6.45, 7) is 0. The van der Waals surface area contributed by atoms with Crippen LogP contribution in [0.25, 0.3) is 0 Å². The third-order valence-electron chi connectivity index (χ3n) is 4.63. The van der Waals surface area contributed by atoms with E-state index in [0.717, 1.165) is 18.9 Å². The van der Waals surface area contributed by atoms with Gasteiger partial charge in [-0.3, -0.25) is 0 Å². The summed E-state index contributed by atoms with van der Waals surface area (Å²) in [6.07, 6.45) is 4.55. The second kappa shape index (κ2) is 4.47. The molecule has 0 amide bonds. The van der Waals surface area contributed by atoms with Gasteiger partial charge in [-0.1, -0.05) is 6.42 Å². The average molecular weight is 283 g/mol. The normalized spacial score (nSPS) is 29.8. The van der Waals surface area contributed by atoms with Crippen molar-refractivity contribution in [2.45, 2.75) is 30.6 Å². The van der Waals surface area contributed by atoms with E-state index >= 15 is 0 Å². The van der Waals surface area contributed by atoms with Crippen LogP contribution in [0, 0.1) is 23.6 Å². The van der Waals surface area contributed by atoms with Crippen molar-refractivity contribution in [1.29, 1.82) is 0 Å². The molecule has 2 fully saturated rings. The monoisotopic (exact) mass is 283 g/mol. The van der Waals surface area contributed by atoms with E-state index in [9.17, 15) is 12.8 Å². The summed E-state index contributed by atoms with van der Waals surface area (Å²) in [4.78, 5) is -0.0460. The van der Waals surface area contributed by atoms with Gasteiger partial charge in [0.1, 0.15) is 5.82 Å². The number of benzene rings is 1. The zero-order valence-electron chi connectivity index (χ0n) is 10.7. The van der Waals surface area contributed by atoms with E-state index in [4.69, 9.17) is 5.73 Å². The molecule has 2 aliphatic carbocycles. The minimum Gasteiger partial charge on any atom is -0.398 e. The molecule has 2 N–H and O–H groups in total. The first kappa shape index (κ1) is 12.9. The number of hydrogen-bond acceptors (Lipinski definition) is 3. The lowest BCUT2D eigenvalue weighted by atomic mass is 9.90. The summed E-state index contributed by atoms with van der Waals surface area (Å²) in [5.41, 5.74) is 5.82. The molecule has 3 unspecified atom stereocenters. The Morgan fingerprint density at radius 2 is 2.05 bits per heavy atom. The van der Waals surface area contributed by atoms with Gasteiger partial charge in [-0.15, -0.1) is 0 Å². The van der Waals surface area contributed by atoms with Crippen LogP contribution in [0.2, 0.25) is 0 Å². The number of fused-ring (bicyclic) bond motifs is 2. The highest BCUT2D eigenvalue weighted by Gasteiger charge is 2.41. The van der Waals surface area contributed by atoms with E-state index < -0.39 is 15.7 Å². The molecule has 3 nitrogen and oxygen atoms in total. The number of rotatable bonds is 3. The molecule has 0 radical (unpaired) electrons. The summed E-state index contributed by atoms with van der Waals surface area (Å²) in [6, 6.07) is 3.55. The molecular formula is C14H18FNO2S. The van der Waals surface area contributed by atoms with Crippen LogP contribution in [0.4, 0.5) is 10.1 Å². The Kier molecular flexibility index (Phi) is 3.04. The largest absolute Gasteiger partial charge is 0.398 e. The van der Waals surface area contributed by atoms with Gasteiger partial charge >= 0.3 is 0 Å². The molecular weight excluding hydrogens is 265 g/mol. The van der Waals surface area contributed by atoms with Gasteiger partial charge in [0.2, 0.25) is 0 Å². The van der Waals surface area contributed by atoms with E-state index in [0.29, 0.717) is 11.8 Å². The third kappa shape index (κ3) is 2.36. The molecule has 3 atom stereocenters. The minimum atomic E-state index is -3.48. The average Bonchev–Trinajstić information content (AvgIpc) is 2.93. The van der Waals surface area contributed by atoms with E-state index in [2.05, 4.69) is 0 Å². The van der Waals surface area contributed by atoms with Gasteiger partial charge in [0.05, 0.1) is 16.3 Å². The van der Waals surface area contributed by atoms with Gasteiger partial charge in [-0.05, 0) is 55.2 Å². The fourth-order valence-electron chi connectivity index (χ4n) is 3.73. The van der Waals surface area contributed by atoms with Crippen LogP contribution in [0.5, 0.6) is 0 Å². The predicted octanol–water partition coefficient (Wildman–Crippen LogP) is 2.62. The van der Waals surface area contributed by atoms with E-state index in [1.54, 1.807) is 0 Å². The van der Waals surface area contributed by atoms with Gasteiger partial charge in [-0.25, -0.2) is 12.8 Å². The number of sulfone groups is 1. The summed E-state index contributed by atoms with van der Waals surface area (Å²) in [7, 11) is -3.48. The highest BCUT2D eigenvalue weighted by atomic mass is 32.2. The summed E-state index contributed by atoms with van der Waals surface area (Å²) >= 11 is 0. The first-order valence-electron chi connectivity index (χ1n) is 6.73. The Bertz CT molecular complexity index is 599. The van der Waals surface area contributed by atoms with Gasteiger partial charge in [0, 0.05) is 0 Å². The quantitative estimate of drug-likeness (QED) is 0.867. The molecule has 0 aromatic heterocycles. The van der Waals surface area contributed by atoms with Crippen LogP contribution in [-0.4, -0.2) is 14.2 Å². The maximum Gasteiger partial charge on any atom is 0.180 e. The fourth-order valence-corrected chi connectivity index (χ4v) is 5.60. The van der Waals surface area contributed by atoms with Crippen molar-refractivity contribution in [2.75, 3.05) is 11.5 Å². The second-order valence-electron chi connectivity index (χ2n) is 5.90. The van der Waals surface area contributed by atoms with E-state index in [1.807, 2.05) is 0 Å². The van der Waals surface area contributed by atoms with Gasteiger partial charge < -0.3 is 5.73 Å². The summed E-state index contributed by atoms with van der Waals surface area (Å²) in [5.74, 6) is 1.03. The van der Waals surface area contributed by atoms with Crippen LogP contribution in [-0.2, 0) is 9.84 Å². The lowest BCUT2D eigenvalue weighted by Crippen LogP contribution is -2.22. The number of nitrogen functional groups attached to an aromatic ring is 1. The smallest absolute Gasteiger partial charge is 0.180 e. The van der Waals surface area contributed by atoms with Crippen LogP contribution in [0.1, 0.15) is 25.7 Å². The van der Waals surface area contributed by atoms with Crippen molar-refractivity contribution >= 4 is 15.5 Å². The number of nitrogens with two attached hydrogens (primary N) is 1. The Hall–Kier alpha value is -1.10. The Morgan fingerprint density at radius 3 is 2.68 bits per heavy atom. The van der Waals surface area contributed by atoms with Crippen molar-refractivity contribution in [2.24, 2.45) is 17.8 Å². The Labute approximate surface area is 112 Å². The molecule has 104 valence electrons. The van der Waals surface area contributed by atoms with Crippen LogP contribution in [0.3, 0.4) is 0 Å². The fraction of sp³-hybridized carbons (Fsp3) is 0.571. The maximum atomic E-state index is 13.2. The van der Waals surface area contributed by atoms with Crippen molar-refractivity contribution in [1.82, 2.24) is 0 Å². The standard InChI is InChI=1S/C14H18FNO2S/c15-12-3-4-13(16)14(7-12)19(17,18)8-11-6-9-1-2-10(11)5-9/h3-4,7,9-11H,1-2,5-6,8,16H2. The molecule has 19 heavy (non-hydrogen) atoms. The molecule has 0 aliphatic heterocycles. The predicted molar refractivity (Wildman–Crippen MR) is 71.8 cm³/mol. The molecule has 5 heteroatoms. The van der Waals surface area contributed by atoms with Crippen LogP contribution in [0.15, 0.2) is 23.1 Å².